The fourth-order valence-electron chi connectivity index (χ4n) is 1.93. The second-order valence-electron chi connectivity index (χ2n) is 4.64. The summed E-state index contributed by atoms with van der Waals surface area (Å²) < 4.78 is 0. The van der Waals surface area contributed by atoms with Crippen LogP contribution >= 0.6 is 0 Å². The van der Waals surface area contributed by atoms with Crippen LogP contribution in [-0.2, 0) is 9.59 Å². The van der Waals surface area contributed by atoms with Crippen LogP contribution in [0.3, 0.4) is 0 Å². The molecule has 6 nitrogen and oxygen atoms in total. The zero-order valence-electron chi connectivity index (χ0n) is 11.7. The molecule has 0 atom stereocenters. The normalized spacial score (nSPS) is 20.5. The summed E-state index contributed by atoms with van der Waals surface area (Å²) >= 11 is 0. The molecule has 0 unspecified atom stereocenters. The number of amides is 2. The fourth-order valence-corrected chi connectivity index (χ4v) is 1.93. The summed E-state index contributed by atoms with van der Waals surface area (Å²) in [5, 5.41) is 9.48. The van der Waals surface area contributed by atoms with Gasteiger partial charge < -0.3 is 4.90 Å². The Labute approximate surface area is 122 Å². The van der Waals surface area contributed by atoms with E-state index in [1.165, 1.54) is 0 Å². The molecule has 2 heterocycles. The second-order valence-corrected chi connectivity index (χ2v) is 4.64. The van der Waals surface area contributed by atoms with Gasteiger partial charge in [0.05, 0.1) is 0 Å². The Hall–Kier alpha value is -2.91. The molecule has 106 valence electrons. The molecule has 0 aliphatic carbocycles. The lowest BCUT2D eigenvalue weighted by molar-refractivity contribution is -0.140. The third-order valence-corrected chi connectivity index (χ3v) is 3.22. The summed E-state index contributed by atoms with van der Waals surface area (Å²) in [6.45, 7) is 1.56. The smallest absolute Gasteiger partial charge is 0.286 e. The number of rotatable bonds is 1. The van der Waals surface area contributed by atoms with Gasteiger partial charge in [0.15, 0.2) is 0 Å². The van der Waals surface area contributed by atoms with Gasteiger partial charge in [0.2, 0.25) is 0 Å². The third-order valence-electron chi connectivity index (χ3n) is 3.22. The summed E-state index contributed by atoms with van der Waals surface area (Å²) in [4.78, 5) is 25.6. The largest absolute Gasteiger partial charge is 0.357 e. The first-order valence-corrected chi connectivity index (χ1v) is 6.21. The first kappa shape index (κ1) is 14.5. The molecule has 2 N–H and O–H groups in total. The molecule has 0 bridgehead atoms. The predicted octanol–water partition coefficient (Wildman–Crippen LogP) is 0.895. The molecular formula is C15H14N4O2. The fraction of sp³-hybridized carbons (Fsp3) is 0.133. The maximum absolute atomic E-state index is 12.0. The van der Waals surface area contributed by atoms with Crippen molar-refractivity contribution in [3.8, 4) is 6.07 Å². The Balaban J connectivity index is 2.43. The van der Waals surface area contributed by atoms with E-state index in [1.807, 2.05) is 36.5 Å². The zero-order chi connectivity index (χ0) is 15.6. The van der Waals surface area contributed by atoms with Gasteiger partial charge in [-0.25, -0.2) is 10.9 Å². The Bertz CT molecular complexity index is 686. The van der Waals surface area contributed by atoms with Crippen LogP contribution in [0.25, 0.3) is 0 Å². The van der Waals surface area contributed by atoms with Gasteiger partial charge >= 0.3 is 0 Å². The monoisotopic (exact) mass is 282 g/mol. The Morgan fingerprint density at radius 1 is 1.19 bits per heavy atom. The number of nitriles is 1. The molecule has 21 heavy (non-hydrogen) atoms. The lowest BCUT2D eigenvalue weighted by Gasteiger charge is -2.22. The number of nitrogens with two attached hydrogens (primary N) is 1. The number of hydrogen-bond donors (Lipinski definition) is 1. The standard InChI is InChI=1S/C15H14N4O2/c1-10-12(4-3-11-5-7-18(2)8-6-11)14(20)19(17)15(21)13(10)9-16/h3-8H,17H2,1-2H3/b12-4-. The van der Waals surface area contributed by atoms with Crippen LogP contribution in [0.1, 0.15) is 6.92 Å². The van der Waals surface area contributed by atoms with Gasteiger partial charge in [-0.1, -0.05) is 6.08 Å². The van der Waals surface area contributed by atoms with E-state index >= 15 is 0 Å². The first-order valence-electron chi connectivity index (χ1n) is 6.21. The lowest BCUT2D eigenvalue weighted by atomic mass is 9.96. The molecular weight excluding hydrogens is 268 g/mol. The molecule has 0 fully saturated rings. The number of allylic oxidation sites excluding steroid dienone is 5. The summed E-state index contributed by atoms with van der Waals surface area (Å²) in [6, 6.07) is 1.79. The van der Waals surface area contributed by atoms with Crippen LogP contribution in [-0.4, -0.2) is 28.8 Å². The number of imide groups is 1. The minimum absolute atomic E-state index is 0.115. The third kappa shape index (κ3) is 2.68. The first-order chi connectivity index (χ1) is 9.95. The van der Waals surface area contributed by atoms with Crippen molar-refractivity contribution in [1.82, 2.24) is 9.91 Å². The van der Waals surface area contributed by atoms with Crippen LogP contribution in [0.5, 0.6) is 0 Å². The Kier molecular flexibility index (Phi) is 3.87. The average Bonchev–Trinajstić information content (AvgIpc) is 2.47. The molecule has 0 saturated heterocycles. The molecule has 0 aromatic rings. The van der Waals surface area contributed by atoms with Gasteiger partial charge in [0.25, 0.3) is 11.8 Å². The van der Waals surface area contributed by atoms with E-state index in [1.54, 1.807) is 25.1 Å². The number of hydrazine groups is 1. The van der Waals surface area contributed by atoms with Crippen LogP contribution in [0.15, 0.2) is 59.0 Å². The number of nitrogens with zero attached hydrogens (tertiary/aromatic N) is 3. The predicted molar refractivity (Wildman–Crippen MR) is 76.6 cm³/mol. The molecule has 2 amide bonds. The van der Waals surface area contributed by atoms with Gasteiger partial charge in [-0.2, -0.15) is 5.26 Å². The molecule has 0 aromatic carbocycles. The van der Waals surface area contributed by atoms with Crippen molar-refractivity contribution in [2.75, 3.05) is 7.05 Å². The highest BCUT2D eigenvalue weighted by Crippen LogP contribution is 2.23. The Morgan fingerprint density at radius 2 is 1.81 bits per heavy atom. The van der Waals surface area contributed by atoms with Crippen molar-refractivity contribution < 1.29 is 9.59 Å². The van der Waals surface area contributed by atoms with Crippen molar-refractivity contribution in [1.29, 1.82) is 5.26 Å². The lowest BCUT2D eigenvalue weighted by Crippen LogP contribution is -2.47. The topological polar surface area (TPSA) is 90.4 Å². The minimum atomic E-state index is -0.774. The molecule has 0 radical (unpaired) electrons. The number of hydrogen-bond acceptors (Lipinski definition) is 5. The maximum Gasteiger partial charge on any atom is 0.286 e. The van der Waals surface area contributed by atoms with Gasteiger partial charge in [-0.15, -0.1) is 0 Å². The number of carbonyl (C=O) groups is 2. The van der Waals surface area contributed by atoms with Gasteiger partial charge in [0.1, 0.15) is 11.6 Å². The van der Waals surface area contributed by atoms with Crippen molar-refractivity contribution in [3.05, 3.63) is 59.0 Å². The highest BCUT2D eigenvalue weighted by atomic mass is 16.2. The van der Waals surface area contributed by atoms with E-state index in [0.29, 0.717) is 10.6 Å². The quantitative estimate of drug-likeness (QED) is 0.334. The molecule has 2 aliphatic heterocycles. The summed E-state index contributed by atoms with van der Waals surface area (Å²) in [5.41, 5.74) is 1.35. The SMILES string of the molecule is CC1=C(C#N)C(=O)N(N)C(=O)/C1=C\C=C1C=CN(C)C=C1. The maximum atomic E-state index is 12.0. The van der Waals surface area contributed by atoms with E-state index in [9.17, 15) is 9.59 Å². The summed E-state index contributed by atoms with van der Waals surface area (Å²) in [5.74, 6) is 4.03. The second kappa shape index (κ2) is 5.61. The Morgan fingerprint density at radius 3 is 2.38 bits per heavy atom. The highest BCUT2D eigenvalue weighted by Gasteiger charge is 2.33. The summed E-state index contributed by atoms with van der Waals surface area (Å²) in [6.07, 6.45) is 10.8. The van der Waals surface area contributed by atoms with Crippen molar-refractivity contribution >= 4 is 11.8 Å². The van der Waals surface area contributed by atoms with E-state index in [-0.39, 0.29) is 11.1 Å². The van der Waals surface area contributed by atoms with Gasteiger partial charge in [-0.05, 0) is 36.3 Å². The minimum Gasteiger partial charge on any atom is -0.357 e. The average molecular weight is 282 g/mol. The number of carbonyl (C=O) groups excluding carboxylic acids is 2. The molecule has 6 heteroatoms. The van der Waals surface area contributed by atoms with E-state index in [4.69, 9.17) is 11.1 Å². The van der Waals surface area contributed by atoms with Gasteiger partial charge in [0, 0.05) is 25.0 Å². The molecule has 0 aromatic heterocycles. The van der Waals surface area contributed by atoms with Gasteiger partial charge in [-0.3, -0.25) is 9.59 Å². The highest BCUT2D eigenvalue weighted by molar-refractivity contribution is 6.17. The van der Waals surface area contributed by atoms with Crippen molar-refractivity contribution in [2.45, 2.75) is 6.92 Å². The molecule has 2 aliphatic rings. The summed E-state index contributed by atoms with van der Waals surface area (Å²) in [7, 11) is 1.90. The van der Waals surface area contributed by atoms with E-state index in [2.05, 4.69) is 0 Å². The van der Waals surface area contributed by atoms with Crippen LogP contribution in [0.4, 0.5) is 0 Å². The zero-order valence-corrected chi connectivity index (χ0v) is 11.7. The molecule has 0 spiro atoms. The van der Waals surface area contributed by atoms with Crippen LogP contribution in [0.2, 0.25) is 0 Å². The molecule has 0 saturated carbocycles. The van der Waals surface area contributed by atoms with Crippen molar-refractivity contribution in [2.24, 2.45) is 5.84 Å². The van der Waals surface area contributed by atoms with E-state index < -0.39 is 11.8 Å². The van der Waals surface area contributed by atoms with Crippen LogP contribution in [0, 0.1) is 11.3 Å². The van der Waals surface area contributed by atoms with Crippen molar-refractivity contribution in [3.63, 3.8) is 0 Å². The van der Waals surface area contributed by atoms with E-state index in [0.717, 1.165) is 5.57 Å². The molecule has 2 rings (SSSR count). The van der Waals surface area contributed by atoms with Crippen LogP contribution < -0.4 is 5.84 Å².